The number of aromatic nitrogens is 1. The Hall–Kier alpha value is -2.01. The Kier molecular flexibility index (Phi) is 11.1. The lowest BCUT2D eigenvalue weighted by atomic mass is 10.1. The van der Waals surface area contributed by atoms with Gasteiger partial charge in [-0.25, -0.2) is 0 Å². The Bertz CT molecular complexity index is 850. The van der Waals surface area contributed by atoms with Crippen molar-refractivity contribution in [1.29, 1.82) is 0 Å². The Morgan fingerprint density at radius 3 is 2.59 bits per heavy atom. The van der Waals surface area contributed by atoms with E-state index in [1.807, 2.05) is 33.0 Å². The summed E-state index contributed by atoms with van der Waals surface area (Å²) in [5.41, 5.74) is 2.25. The van der Waals surface area contributed by atoms with Crippen LogP contribution in [0.5, 0.6) is 11.5 Å². The highest BCUT2D eigenvalue weighted by molar-refractivity contribution is 14.0. The summed E-state index contributed by atoms with van der Waals surface area (Å²) in [6.45, 7) is 10.1. The molecule has 0 radical (unpaired) electrons. The second-order valence-corrected chi connectivity index (χ2v) is 7.69. The Morgan fingerprint density at radius 1 is 1.19 bits per heavy atom. The van der Waals surface area contributed by atoms with Gasteiger partial charge in [-0.3, -0.25) is 9.89 Å². The van der Waals surface area contributed by atoms with Gasteiger partial charge in [0, 0.05) is 52.4 Å². The highest BCUT2D eigenvalue weighted by atomic mass is 127. The van der Waals surface area contributed by atoms with Gasteiger partial charge in [-0.15, -0.1) is 24.0 Å². The molecular weight excluding hydrogens is 521 g/mol. The van der Waals surface area contributed by atoms with Crippen LogP contribution in [0.25, 0.3) is 0 Å². The third-order valence-corrected chi connectivity index (χ3v) is 5.40. The number of aryl methyl sites for hydroxylation is 2. The van der Waals surface area contributed by atoms with Crippen molar-refractivity contribution in [2.45, 2.75) is 33.2 Å². The molecule has 0 unspecified atom stereocenters. The standard InChI is InChI=1S/C23H35N5O3.HI/c1-5-30-22-16-19(8-9-21(22)29-4)7-6-10-25-23(24-3)28-13-11-27(12-14-28)17-20-15-18(2)31-26-20;/h8-9,15-16H,5-7,10-14,17H2,1-4H3,(H,24,25);1H. The van der Waals surface area contributed by atoms with Crippen molar-refractivity contribution < 1.29 is 14.0 Å². The topological polar surface area (TPSA) is 75.4 Å². The van der Waals surface area contributed by atoms with Crippen LogP contribution in [0.3, 0.4) is 0 Å². The van der Waals surface area contributed by atoms with Gasteiger partial charge in [0.05, 0.1) is 19.4 Å². The van der Waals surface area contributed by atoms with E-state index >= 15 is 0 Å². The summed E-state index contributed by atoms with van der Waals surface area (Å²) < 4.78 is 16.2. The molecule has 2 aromatic rings. The average Bonchev–Trinajstić information content (AvgIpc) is 3.19. The maximum Gasteiger partial charge on any atom is 0.193 e. The molecule has 32 heavy (non-hydrogen) atoms. The van der Waals surface area contributed by atoms with Crippen LogP contribution in [-0.4, -0.2) is 74.4 Å². The van der Waals surface area contributed by atoms with Crippen LogP contribution in [0.2, 0.25) is 0 Å². The number of hydrogen-bond acceptors (Lipinski definition) is 6. The normalized spacial score (nSPS) is 14.8. The van der Waals surface area contributed by atoms with Crippen LogP contribution in [0.4, 0.5) is 0 Å². The van der Waals surface area contributed by atoms with Gasteiger partial charge in [0.25, 0.3) is 0 Å². The first-order valence-corrected chi connectivity index (χ1v) is 11.0. The Labute approximate surface area is 208 Å². The minimum atomic E-state index is 0. The molecule has 8 nitrogen and oxygen atoms in total. The Balaban J connectivity index is 0.00000363. The number of rotatable bonds is 9. The fraction of sp³-hybridized carbons (Fsp3) is 0.565. The van der Waals surface area contributed by atoms with Crippen molar-refractivity contribution in [3.05, 3.63) is 41.3 Å². The number of methoxy groups -OCH3 is 1. The van der Waals surface area contributed by atoms with Crippen LogP contribution in [-0.2, 0) is 13.0 Å². The Morgan fingerprint density at radius 2 is 1.97 bits per heavy atom. The van der Waals surface area contributed by atoms with Crippen LogP contribution in [0.1, 0.15) is 30.4 Å². The quantitative estimate of drug-likeness (QED) is 0.220. The van der Waals surface area contributed by atoms with Crippen molar-refractivity contribution in [3.63, 3.8) is 0 Å². The van der Waals surface area contributed by atoms with E-state index in [1.165, 1.54) is 5.56 Å². The number of nitrogens with zero attached hydrogens (tertiary/aromatic N) is 4. The second kappa shape index (κ2) is 13.5. The van der Waals surface area contributed by atoms with Gasteiger partial charge in [0.2, 0.25) is 0 Å². The number of nitrogens with one attached hydrogen (secondary N) is 1. The van der Waals surface area contributed by atoms with E-state index in [0.29, 0.717) is 6.61 Å². The van der Waals surface area contributed by atoms with Gasteiger partial charge in [-0.2, -0.15) is 0 Å². The fourth-order valence-electron chi connectivity index (χ4n) is 3.81. The molecule has 0 atom stereocenters. The molecule has 0 amide bonds. The third kappa shape index (κ3) is 7.54. The molecule has 2 heterocycles. The molecule has 9 heteroatoms. The number of hydrogen-bond donors (Lipinski definition) is 1. The van der Waals surface area contributed by atoms with Gasteiger partial charge >= 0.3 is 0 Å². The number of piperazine rings is 1. The van der Waals surface area contributed by atoms with E-state index in [0.717, 1.165) is 81.0 Å². The lowest BCUT2D eigenvalue weighted by molar-refractivity contribution is 0.169. The van der Waals surface area contributed by atoms with Crippen molar-refractivity contribution in [2.75, 3.05) is 53.5 Å². The van der Waals surface area contributed by atoms with Crippen molar-refractivity contribution >= 4 is 29.9 Å². The van der Waals surface area contributed by atoms with Gasteiger partial charge in [0.15, 0.2) is 17.5 Å². The zero-order valence-corrected chi connectivity index (χ0v) is 21.9. The maximum atomic E-state index is 5.68. The number of ether oxygens (including phenoxy) is 2. The average molecular weight is 557 g/mol. The van der Waals surface area contributed by atoms with Gasteiger partial charge in [-0.1, -0.05) is 11.2 Å². The van der Waals surface area contributed by atoms with Gasteiger partial charge in [-0.05, 0) is 44.4 Å². The minimum absolute atomic E-state index is 0. The summed E-state index contributed by atoms with van der Waals surface area (Å²) >= 11 is 0. The number of halogens is 1. The van der Waals surface area contributed by atoms with Gasteiger partial charge in [0.1, 0.15) is 5.76 Å². The summed E-state index contributed by atoms with van der Waals surface area (Å²) in [6.07, 6.45) is 1.99. The molecule has 1 aromatic heterocycles. The predicted octanol–water partition coefficient (Wildman–Crippen LogP) is 3.33. The molecule has 1 saturated heterocycles. The van der Waals surface area contributed by atoms with Crippen LogP contribution in [0, 0.1) is 6.92 Å². The van der Waals surface area contributed by atoms with Gasteiger partial charge < -0.3 is 24.2 Å². The zero-order chi connectivity index (χ0) is 22.1. The molecular formula is C23H36IN5O3. The monoisotopic (exact) mass is 557 g/mol. The first-order chi connectivity index (χ1) is 15.1. The maximum absolute atomic E-state index is 5.68. The molecule has 0 aliphatic carbocycles. The zero-order valence-electron chi connectivity index (χ0n) is 19.6. The SMILES string of the molecule is CCOc1cc(CCCNC(=NC)N2CCN(Cc3cc(C)on3)CC2)ccc1OC.I. The van der Waals surface area contributed by atoms with Crippen molar-refractivity contribution in [2.24, 2.45) is 4.99 Å². The molecule has 178 valence electrons. The first-order valence-electron chi connectivity index (χ1n) is 11.0. The number of aliphatic imine (C=N–C) groups is 1. The largest absolute Gasteiger partial charge is 0.493 e. The highest BCUT2D eigenvalue weighted by Gasteiger charge is 2.20. The molecule has 1 aliphatic rings. The molecule has 1 aliphatic heterocycles. The lowest BCUT2D eigenvalue weighted by Crippen LogP contribution is -2.52. The lowest BCUT2D eigenvalue weighted by Gasteiger charge is -2.36. The van der Waals surface area contributed by atoms with E-state index in [1.54, 1.807) is 7.11 Å². The molecule has 0 spiro atoms. The molecule has 0 bridgehead atoms. The van der Waals surface area contributed by atoms with Crippen molar-refractivity contribution in [1.82, 2.24) is 20.3 Å². The molecule has 3 rings (SSSR count). The molecule has 1 fully saturated rings. The molecule has 1 aromatic carbocycles. The van der Waals surface area contributed by atoms with E-state index < -0.39 is 0 Å². The fourth-order valence-corrected chi connectivity index (χ4v) is 3.81. The summed E-state index contributed by atoms with van der Waals surface area (Å²) in [4.78, 5) is 9.21. The summed E-state index contributed by atoms with van der Waals surface area (Å²) in [5, 5.41) is 7.61. The van der Waals surface area contributed by atoms with E-state index in [-0.39, 0.29) is 24.0 Å². The predicted molar refractivity (Wildman–Crippen MR) is 137 cm³/mol. The van der Waals surface area contributed by atoms with Crippen LogP contribution in [0.15, 0.2) is 33.8 Å². The van der Waals surface area contributed by atoms with E-state index in [4.69, 9.17) is 14.0 Å². The van der Waals surface area contributed by atoms with Crippen LogP contribution < -0.4 is 14.8 Å². The summed E-state index contributed by atoms with van der Waals surface area (Å²) in [5.74, 6) is 3.43. The summed E-state index contributed by atoms with van der Waals surface area (Å²) in [7, 11) is 3.52. The molecule has 1 N–H and O–H groups in total. The van der Waals surface area contributed by atoms with Crippen LogP contribution >= 0.6 is 24.0 Å². The minimum Gasteiger partial charge on any atom is -0.493 e. The van der Waals surface area contributed by atoms with E-state index in [2.05, 4.69) is 37.4 Å². The van der Waals surface area contributed by atoms with Crippen molar-refractivity contribution in [3.8, 4) is 11.5 Å². The third-order valence-electron chi connectivity index (χ3n) is 5.40. The number of guanidine groups is 1. The highest BCUT2D eigenvalue weighted by Crippen LogP contribution is 2.28. The summed E-state index contributed by atoms with van der Waals surface area (Å²) in [6, 6.07) is 8.16. The smallest absolute Gasteiger partial charge is 0.193 e. The number of benzene rings is 1. The second-order valence-electron chi connectivity index (χ2n) is 7.69. The first kappa shape index (κ1) is 26.2. The van der Waals surface area contributed by atoms with E-state index in [9.17, 15) is 0 Å². The molecule has 0 saturated carbocycles.